The number of amides is 1. The van der Waals surface area contributed by atoms with Crippen molar-refractivity contribution in [2.75, 3.05) is 0 Å². The van der Waals surface area contributed by atoms with Crippen molar-refractivity contribution >= 4 is 28.9 Å². The molecule has 0 saturated heterocycles. The highest BCUT2D eigenvalue weighted by Crippen LogP contribution is 2.27. The van der Waals surface area contributed by atoms with Crippen LogP contribution >= 0.6 is 11.3 Å². The molecule has 1 unspecified atom stereocenters. The largest absolute Gasteiger partial charge is 0.477 e. The van der Waals surface area contributed by atoms with E-state index in [4.69, 9.17) is 5.11 Å². The first-order valence-electron chi connectivity index (χ1n) is 7.07. The lowest BCUT2D eigenvalue weighted by atomic mass is 10.1. The lowest BCUT2D eigenvalue weighted by Gasteiger charge is -2.12. The third-order valence-corrected chi connectivity index (χ3v) is 4.75. The number of hydrogen-bond acceptors (Lipinski definition) is 6. The van der Waals surface area contributed by atoms with Crippen molar-refractivity contribution in [3.8, 4) is 0 Å². The van der Waals surface area contributed by atoms with Gasteiger partial charge in [0.25, 0.3) is 11.6 Å². The van der Waals surface area contributed by atoms with Crippen molar-refractivity contribution in [2.45, 2.75) is 26.8 Å². The van der Waals surface area contributed by atoms with Crippen molar-refractivity contribution in [2.24, 2.45) is 0 Å². The number of nitro benzene ring substituents is 1. The van der Waals surface area contributed by atoms with Gasteiger partial charge in [-0.2, -0.15) is 0 Å². The maximum Gasteiger partial charge on any atom is 0.347 e. The number of nitrogens with zero attached hydrogens (tertiary/aromatic N) is 2. The first-order chi connectivity index (χ1) is 11.6. The van der Waals surface area contributed by atoms with Crippen molar-refractivity contribution in [1.82, 2.24) is 10.3 Å². The molecular formula is C15H14FN3O5S. The van der Waals surface area contributed by atoms with E-state index < -0.39 is 39.9 Å². The molecule has 0 spiro atoms. The molecule has 0 aliphatic carbocycles. The molecule has 8 nitrogen and oxygen atoms in total. The molecular weight excluding hydrogens is 353 g/mol. The van der Waals surface area contributed by atoms with Crippen molar-refractivity contribution in [1.29, 1.82) is 0 Å². The van der Waals surface area contributed by atoms with Gasteiger partial charge in [-0.1, -0.05) is 0 Å². The molecule has 0 bridgehead atoms. The predicted octanol–water partition coefficient (Wildman–Crippen LogP) is 3.00. The number of carbonyl (C=O) groups is 2. The smallest absolute Gasteiger partial charge is 0.347 e. The summed E-state index contributed by atoms with van der Waals surface area (Å²) in [6, 6.07) is 1.07. The van der Waals surface area contributed by atoms with Gasteiger partial charge in [-0.15, -0.1) is 11.3 Å². The third kappa shape index (κ3) is 3.79. The minimum Gasteiger partial charge on any atom is -0.477 e. The average Bonchev–Trinajstić information content (AvgIpc) is 2.88. The Morgan fingerprint density at radius 2 is 2.04 bits per heavy atom. The highest BCUT2D eigenvalue weighted by Gasteiger charge is 2.26. The van der Waals surface area contributed by atoms with Gasteiger partial charge in [0.05, 0.1) is 16.7 Å². The number of carbonyl (C=O) groups excluding carboxylic acids is 1. The van der Waals surface area contributed by atoms with Crippen LogP contribution in [0.1, 0.15) is 49.3 Å². The number of aromatic carboxylic acids is 1. The second kappa shape index (κ2) is 6.93. The number of aryl methyl sites for hydroxylation is 2. The van der Waals surface area contributed by atoms with Gasteiger partial charge in [-0.05, 0) is 32.9 Å². The predicted molar refractivity (Wildman–Crippen MR) is 87.5 cm³/mol. The molecule has 2 rings (SSSR count). The summed E-state index contributed by atoms with van der Waals surface area (Å²) in [5, 5.41) is 23.0. The molecule has 1 amide bonds. The van der Waals surface area contributed by atoms with Crippen LogP contribution in [-0.2, 0) is 0 Å². The van der Waals surface area contributed by atoms with Crippen molar-refractivity contribution < 1.29 is 24.0 Å². The zero-order chi connectivity index (χ0) is 18.9. The lowest BCUT2D eigenvalue weighted by molar-refractivity contribution is -0.385. The summed E-state index contributed by atoms with van der Waals surface area (Å²) in [6.45, 7) is 4.42. The van der Waals surface area contributed by atoms with Crippen LogP contribution in [0.5, 0.6) is 0 Å². The molecule has 0 fully saturated rings. The van der Waals surface area contributed by atoms with E-state index in [1.165, 1.54) is 13.8 Å². The molecule has 0 saturated carbocycles. The SMILES string of the molecule is Cc1cc(F)cc(C(=O)NC(C)c2nc(C)c(C(=O)O)s2)c1[N+](=O)[O-]. The standard InChI is InChI=1S/C15H14FN3O5S/c1-6-4-9(16)5-10(11(6)19(23)24)13(20)17-8(3)14-18-7(2)12(25-14)15(21)22/h4-5,8H,1-3H3,(H,17,20)(H,21,22). The van der Waals surface area contributed by atoms with Gasteiger partial charge in [0.2, 0.25) is 0 Å². The molecule has 2 N–H and O–H groups in total. The number of nitrogens with one attached hydrogen (secondary N) is 1. The van der Waals surface area contributed by atoms with Crippen LogP contribution in [0.15, 0.2) is 12.1 Å². The molecule has 1 aromatic carbocycles. The molecule has 10 heteroatoms. The van der Waals surface area contributed by atoms with Crippen LogP contribution in [0.25, 0.3) is 0 Å². The molecule has 132 valence electrons. The fourth-order valence-corrected chi connectivity index (χ4v) is 3.20. The Balaban J connectivity index is 2.32. The third-order valence-electron chi connectivity index (χ3n) is 3.42. The number of hydrogen-bond donors (Lipinski definition) is 2. The van der Waals surface area contributed by atoms with Gasteiger partial charge in [0.1, 0.15) is 21.3 Å². The molecule has 1 heterocycles. The van der Waals surface area contributed by atoms with E-state index in [1.54, 1.807) is 6.92 Å². The van der Waals surface area contributed by atoms with E-state index in [9.17, 15) is 24.1 Å². The Bertz CT molecular complexity index is 880. The van der Waals surface area contributed by atoms with E-state index >= 15 is 0 Å². The van der Waals surface area contributed by atoms with Gasteiger partial charge in [0, 0.05) is 5.56 Å². The summed E-state index contributed by atoms with van der Waals surface area (Å²) in [4.78, 5) is 38.0. The zero-order valence-electron chi connectivity index (χ0n) is 13.5. The summed E-state index contributed by atoms with van der Waals surface area (Å²) in [7, 11) is 0. The van der Waals surface area contributed by atoms with Gasteiger partial charge in [0.15, 0.2) is 0 Å². The number of thiazole rings is 1. The summed E-state index contributed by atoms with van der Waals surface area (Å²) < 4.78 is 13.6. The van der Waals surface area contributed by atoms with Crippen molar-refractivity contribution in [3.05, 3.63) is 54.8 Å². The number of rotatable bonds is 5. The van der Waals surface area contributed by atoms with Gasteiger partial charge in [-0.25, -0.2) is 14.2 Å². The summed E-state index contributed by atoms with van der Waals surface area (Å²) in [5.74, 6) is -2.73. The molecule has 1 aromatic heterocycles. The van der Waals surface area contributed by atoms with E-state index in [2.05, 4.69) is 10.3 Å². The Kier molecular flexibility index (Phi) is 5.12. The zero-order valence-corrected chi connectivity index (χ0v) is 14.3. The van der Waals surface area contributed by atoms with Crippen LogP contribution in [-0.4, -0.2) is 26.9 Å². The molecule has 0 radical (unpaired) electrons. The van der Waals surface area contributed by atoms with Crippen molar-refractivity contribution in [3.63, 3.8) is 0 Å². The summed E-state index contributed by atoms with van der Waals surface area (Å²) >= 11 is 0.896. The minimum atomic E-state index is -1.13. The lowest BCUT2D eigenvalue weighted by Crippen LogP contribution is -2.27. The maximum atomic E-state index is 13.6. The summed E-state index contributed by atoms with van der Waals surface area (Å²) in [6.07, 6.45) is 0. The fourth-order valence-electron chi connectivity index (χ4n) is 2.29. The first-order valence-corrected chi connectivity index (χ1v) is 7.89. The Hall–Kier alpha value is -2.88. The second-order valence-electron chi connectivity index (χ2n) is 5.34. The number of aromatic nitrogens is 1. The number of benzene rings is 1. The van der Waals surface area contributed by atoms with E-state index in [0.717, 1.165) is 23.5 Å². The monoisotopic (exact) mass is 367 g/mol. The molecule has 0 aliphatic heterocycles. The molecule has 2 aromatic rings. The normalized spacial score (nSPS) is 11.8. The quantitative estimate of drug-likeness (QED) is 0.619. The van der Waals surface area contributed by atoms with Crippen LogP contribution < -0.4 is 5.32 Å². The van der Waals surface area contributed by atoms with Crippen LogP contribution in [0, 0.1) is 29.8 Å². The van der Waals surface area contributed by atoms with Crippen LogP contribution in [0.3, 0.4) is 0 Å². The highest BCUT2D eigenvalue weighted by molar-refractivity contribution is 7.13. The van der Waals surface area contributed by atoms with E-state index in [-0.39, 0.29) is 10.4 Å². The summed E-state index contributed by atoms with van der Waals surface area (Å²) in [5.41, 5.74) is -0.545. The number of halogens is 1. The van der Waals surface area contributed by atoms with Gasteiger partial charge < -0.3 is 10.4 Å². The number of nitro groups is 1. The molecule has 0 aliphatic rings. The molecule has 1 atom stereocenters. The Morgan fingerprint density at radius 1 is 1.40 bits per heavy atom. The Labute approximate surface area is 145 Å². The number of carboxylic acids is 1. The average molecular weight is 367 g/mol. The maximum absolute atomic E-state index is 13.6. The van der Waals surface area contributed by atoms with Gasteiger partial charge >= 0.3 is 5.97 Å². The highest BCUT2D eigenvalue weighted by atomic mass is 32.1. The van der Waals surface area contributed by atoms with Gasteiger partial charge in [-0.3, -0.25) is 14.9 Å². The van der Waals surface area contributed by atoms with E-state index in [1.807, 2.05) is 0 Å². The van der Waals surface area contributed by atoms with Crippen LogP contribution in [0.2, 0.25) is 0 Å². The fraction of sp³-hybridized carbons (Fsp3) is 0.267. The first kappa shape index (κ1) is 18.5. The molecule has 25 heavy (non-hydrogen) atoms. The topological polar surface area (TPSA) is 122 Å². The minimum absolute atomic E-state index is 0.0288. The Morgan fingerprint density at radius 3 is 2.56 bits per heavy atom. The van der Waals surface area contributed by atoms with Crippen LogP contribution in [0.4, 0.5) is 10.1 Å². The number of carboxylic acid groups (broad SMARTS) is 1. The van der Waals surface area contributed by atoms with E-state index in [0.29, 0.717) is 10.7 Å². The second-order valence-corrected chi connectivity index (χ2v) is 6.37.